The molecule has 3 saturated heterocycles. The minimum Gasteiger partial charge on any atom is -0.341 e. The Morgan fingerprint density at radius 1 is 1.41 bits per heavy atom. The zero-order chi connectivity index (χ0) is 12.0. The van der Waals surface area contributed by atoms with Crippen LogP contribution in [0.4, 0.5) is 0 Å². The molecule has 0 aromatic rings. The van der Waals surface area contributed by atoms with Gasteiger partial charge in [-0.1, -0.05) is 0 Å². The van der Waals surface area contributed by atoms with Crippen molar-refractivity contribution in [2.24, 2.45) is 0 Å². The first kappa shape index (κ1) is 11.4. The second-order valence-electron chi connectivity index (χ2n) is 5.30. The number of carbonyl (C=O) groups is 2. The molecule has 0 aromatic heterocycles. The van der Waals surface area contributed by atoms with Gasteiger partial charge in [0.1, 0.15) is 6.04 Å². The Kier molecular flexibility index (Phi) is 2.61. The van der Waals surface area contributed by atoms with Crippen molar-refractivity contribution >= 4 is 23.6 Å². The van der Waals surface area contributed by atoms with Crippen LogP contribution in [0.15, 0.2) is 0 Å². The number of nitrogens with zero attached hydrogens (tertiary/aromatic N) is 2. The predicted molar refractivity (Wildman–Crippen MR) is 66.5 cm³/mol. The van der Waals surface area contributed by atoms with Crippen molar-refractivity contribution in [3.8, 4) is 0 Å². The molecule has 0 spiro atoms. The number of hydrogen-bond acceptors (Lipinski definition) is 3. The quantitative estimate of drug-likeness (QED) is 0.702. The van der Waals surface area contributed by atoms with Gasteiger partial charge in [-0.3, -0.25) is 9.59 Å². The third kappa shape index (κ3) is 1.66. The van der Waals surface area contributed by atoms with E-state index >= 15 is 0 Å². The molecule has 0 unspecified atom stereocenters. The summed E-state index contributed by atoms with van der Waals surface area (Å²) in [6.45, 7) is 3.84. The zero-order valence-corrected chi connectivity index (χ0v) is 11.0. The molecule has 0 bridgehead atoms. The molecule has 17 heavy (non-hydrogen) atoms. The fraction of sp³-hybridized carbons (Fsp3) is 0.833. The molecule has 94 valence electrons. The molecule has 0 saturated carbocycles. The van der Waals surface area contributed by atoms with Crippen molar-refractivity contribution in [2.75, 3.05) is 18.8 Å². The summed E-state index contributed by atoms with van der Waals surface area (Å²) >= 11 is 1.77. The standard InChI is InChI=1S/C12H18N2O2S/c1-12-5-4-10(15)14(12)9(8-17-12)11(16)13-6-2-3-7-13/h9H,2-8H2,1H3/t9-,12+/m1/s1. The molecule has 5 heteroatoms. The lowest BCUT2D eigenvalue weighted by molar-refractivity contribution is -0.143. The molecule has 2 atom stereocenters. The molecule has 3 rings (SSSR count). The highest BCUT2D eigenvalue weighted by molar-refractivity contribution is 8.01. The summed E-state index contributed by atoms with van der Waals surface area (Å²) in [4.78, 5) is 28.0. The molecule has 2 amide bonds. The van der Waals surface area contributed by atoms with Gasteiger partial charge in [-0.2, -0.15) is 0 Å². The van der Waals surface area contributed by atoms with E-state index in [0.29, 0.717) is 6.42 Å². The lowest BCUT2D eigenvalue weighted by Gasteiger charge is -2.31. The van der Waals surface area contributed by atoms with Gasteiger partial charge in [0.15, 0.2) is 0 Å². The second kappa shape index (κ2) is 3.90. The summed E-state index contributed by atoms with van der Waals surface area (Å²) in [6.07, 6.45) is 3.71. The van der Waals surface area contributed by atoms with E-state index in [2.05, 4.69) is 6.92 Å². The monoisotopic (exact) mass is 254 g/mol. The fourth-order valence-corrected chi connectivity index (χ4v) is 4.57. The van der Waals surface area contributed by atoms with E-state index in [-0.39, 0.29) is 22.7 Å². The van der Waals surface area contributed by atoms with Crippen molar-refractivity contribution in [3.63, 3.8) is 0 Å². The predicted octanol–water partition coefficient (Wildman–Crippen LogP) is 1.06. The first-order chi connectivity index (χ1) is 8.12. The molecule has 0 N–H and O–H groups in total. The van der Waals surface area contributed by atoms with Gasteiger partial charge in [-0.25, -0.2) is 0 Å². The van der Waals surface area contributed by atoms with Crippen LogP contribution in [0.25, 0.3) is 0 Å². The van der Waals surface area contributed by atoms with E-state index in [0.717, 1.165) is 38.1 Å². The van der Waals surface area contributed by atoms with Crippen LogP contribution in [0.5, 0.6) is 0 Å². The molecular weight excluding hydrogens is 236 g/mol. The third-order valence-corrected chi connectivity index (χ3v) is 5.65. The van der Waals surface area contributed by atoms with E-state index in [1.165, 1.54) is 0 Å². The van der Waals surface area contributed by atoms with Crippen LogP contribution in [0.2, 0.25) is 0 Å². The number of carbonyl (C=O) groups excluding carboxylic acids is 2. The smallest absolute Gasteiger partial charge is 0.246 e. The van der Waals surface area contributed by atoms with Gasteiger partial charge in [0, 0.05) is 25.3 Å². The van der Waals surface area contributed by atoms with Crippen LogP contribution in [-0.4, -0.2) is 51.4 Å². The highest BCUT2D eigenvalue weighted by Gasteiger charge is 2.53. The van der Waals surface area contributed by atoms with E-state index < -0.39 is 0 Å². The highest BCUT2D eigenvalue weighted by Crippen LogP contribution is 2.47. The molecule has 3 aliphatic rings. The Hall–Kier alpha value is -0.710. The number of fused-ring (bicyclic) bond motifs is 1. The lowest BCUT2D eigenvalue weighted by Crippen LogP contribution is -2.50. The molecule has 0 aliphatic carbocycles. The molecule has 3 fully saturated rings. The number of likely N-dealkylation sites (tertiary alicyclic amines) is 1. The first-order valence-electron chi connectivity index (χ1n) is 6.37. The maximum absolute atomic E-state index is 12.4. The summed E-state index contributed by atoms with van der Waals surface area (Å²) in [7, 11) is 0. The number of rotatable bonds is 1. The SMILES string of the molecule is C[C@]12CCC(=O)N1[C@@H](C(=O)N1CCCC1)CS2. The van der Waals surface area contributed by atoms with Gasteiger partial charge in [0.05, 0.1) is 4.87 Å². The molecule has 0 aromatic carbocycles. The summed E-state index contributed by atoms with van der Waals surface area (Å²) in [6, 6.07) is -0.196. The third-order valence-electron chi connectivity index (χ3n) is 4.15. The summed E-state index contributed by atoms with van der Waals surface area (Å²) in [5.74, 6) is 1.11. The Balaban J connectivity index is 1.80. The molecule has 3 aliphatic heterocycles. The van der Waals surface area contributed by atoms with Gasteiger partial charge >= 0.3 is 0 Å². The van der Waals surface area contributed by atoms with Crippen LogP contribution >= 0.6 is 11.8 Å². The molecule has 4 nitrogen and oxygen atoms in total. The van der Waals surface area contributed by atoms with E-state index in [9.17, 15) is 9.59 Å². The fourth-order valence-electron chi connectivity index (χ4n) is 3.15. The lowest BCUT2D eigenvalue weighted by atomic mass is 10.2. The minimum absolute atomic E-state index is 0.114. The maximum atomic E-state index is 12.4. The van der Waals surface area contributed by atoms with Crippen molar-refractivity contribution in [2.45, 2.75) is 43.5 Å². The van der Waals surface area contributed by atoms with Crippen molar-refractivity contribution in [1.29, 1.82) is 0 Å². The van der Waals surface area contributed by atoms with Crippen molar-refractivity contribution < 1.29 is 9.59 Å². The van der Waals surface area contributed by atoms with Gasteiger partial charge < -0.3 is 9.80 Å². The Morgan fingerprint density at radius 2 is 2.12 bits per heavy atom. The van der Waals surface area contributed by atoms with Crippen LogP contribution in [0, 0.1) is 0 Å². The summed E-state index contributed by atoms with van der Waals surface area (Å²) < 4.78 is 0. The van der Waals surface area contributed by atoms with Gasteiger partial charge in [0.25, 0.3) is 0 Å². The van der Waals surface area contributed by atoms with Crippen LogP contribution < -0.4 is 0 Å². The maximum Gasteiger partial charge on any atom is 0.246 e. The average molecular weight is 254 g/mol. The Morgan fingerprint density at radius 3 is 2.82 bits per heavy atom. The van der Waals surface area contributed by atoms with E-state index in [1.807, 2.05) is 9.80 Å². The zero-order valence-electron chi connectivity index (χ0n) is 10.1. The van der Waals surface area contributed by atoms with Gasteiger partial charge in [0.2, 0.25) is 11.8 Å². The van der Waals surface area contributed by atoms with Crippen LogP contribution in [-0.2, 0) is 9.59 Å². The summed E-state index contributed by atoms with van der Waals surface area (Å²) in [5.41, 5.74) is 0. The normalized spacial score (nSPS) is 36.8. The molecule has 0 radical (unpaired) electrons. The number of amides is 2. The Bertz CT molecular complexity index is 368. The number of hydrogen-bond donors (Lipinski definition) is 0. The van der Waals surface area contributed by atoms with Gasteiger partial charge in [-0.15, -0.1) is 11.8 Å². The highest BCUT2D eigenvalue weighted by atomic mass is 32.2. The largest absolute Gasteiger partial charge is 0.341 e. The van der Waals surface area contributed by atoms with Crippen LogP contribution in [0.1, 0.15) is 32.6 Å². The molecule has 3 heterocycles. The van der Waals surface area contributed by atoms with Gasteiger partial charge in [-0.05, 0) is 26.2 Å². The second-order valence-corrected chi connectivity index (χ2v) is 6.80. The minimum atomic E-state index is -0.196. The van der Waals surface area contributed by atoms with E-state index in [4.69, 9.17) is 0 Å². The molecular formula is C12H18N2O2S. The first-order valence-corrected chi connectivity index (χ1v) is 7.35. The van der Waals surface area contributed by atoms with Crippen molar-refractivity contribution in [1.82, 2.24) is 9.80 Å². The van der Waals surface area contributed by atoms with Crippen LogP contribution in [0.3, 0.4) is 0 Å². The van der Waals surface area contributed by atoms with E-state index in [1.54, 1.807) is 11.8 Å². The topological polar surface area (TPSA) is 40.6 Å². The van der Waals surface area contributed by atoms with Crippen molar-refractivity contribution in [3.05, 3.63) is 0 Å². The Labute approximate surface area is 106 Å². The number of thioether (sulfide) groups is 1. The summed E-state index contributed by atoms with van der Waals surface area (Å²) in [5, 5.41) is 0. The average Bonchev–Trinajstić information content (AvgIpc) is 2.97.